The average Bonchev–Trinajstić information content (AvgIpc) is 2.09. The third-order valence-corrected chi connectivity index (χ3v) is 4.38. The van der Waals surface area contributed by atoms with Gasteiger partial charge in [0.05, 0.1) is 0 Å². The summed E-state index contributed by atoms with van der Waals surface area (Å²) < 4.78 is -0.577. The van der Waals surface area contributed by atoms with Gasteiger partial charge in [-0.3, -0.25) is 0 Å². The second-order valence-electron chi connectivity index (χ2n) is 3.35. The fourth-order valence-corrected chi connectivity index (χ4v) is 3.87. The molecule has 0 saturated heterocycles. The Hall–Kier alpha value is 1.88. The molecule has 2 atom stereocenters. The van der Waals surface area contributed by atoms with Crippen molar-refractivity contribution in [1.29, 1.82) is 0 Å². The van der Waals surface area contributed by atoms with Gasteiger partial charge in [-0.2, -0.15) is 0 Å². The van der Waals surface area contributed by atoms with E-state index in [0.29, 0.717) is 0 Å². The van der Waals surface area contributed by atoms with Crippen molar-refractivity contribution in [3.63, 3.8) is 0 Å². The Bertz CT molecular complexity index is 146. The van der Waals surface area contributed by atoms with Crippen molar-refractivity contribution in [1.82, 2.24) is 0 Å². The lowest BCUT2D eigenvalue weighted by molar-refractivity contribution is 0.183. The molecule has 0 amide bonds. The number of alkyl halides is 4. The van der Waals surface area contributed by atoms with E-state index >= 15 is 0 Å². The molecule has 0 spiro atoms. The van der Waals surface area contributed by atoms with Gasteiger partial charge in [0, 0.05) is 4.83 Å². The molecule has 2 unspecified atom stereocenters. The highest BCUT2D eigenvalue weighted by Gasteiger charge is 2.33. The lowest BCUT2D eigenvalue weighted by Crippen LogP contribution is -2.32. The van der Waals surface area contributed by atoms with Crippen LogP contribution in [0.15, 0.2) is 0 Å². The number of aliphatic hydroxyl groups is 1. The molecule has 0 heterocycles. The van der Waals surface area contributed by atoms with Crippen molar-refractivity contribution in [2.45, 2.75) is 52.1 Å². The monoisotopic (exact) mass is 456 g/mol. The Morgan fingerprint density at radius 2 is 1.71 bits per heavy atom. The Balaban J connectivity index is 3.68. The van der Waals surface area contributed by atoms with Crippen LogP contribution >= 0.6 is 63.7 Å². The van der Waals surface area contributed by atoms with Gasteiger partial charge in [-0.25, -0.2) is 0 Å². The van der Waals surface area contributed by atoms with Crippen molar-refractivity contribution in [2.24, 2.45) is 0 Å². The van der Waals surface area contributed by atoms with E-state index in [1.807, 2.05) is 0 Å². The Morgan fingerprint density at radius 3 is 2.14 bits per heavy atom. The minimum Gasteiger partial charge on any atom is -0.389 e. The smallest absolute Gasteiger partial charge is 0.161 e. The normalized spacial score (nSPS) is 16.7. The standard InChI is InChI=1S/C9H16Br4O/c1-2-3-4-5-6-7(10)8(14)9(11,12)13/h7-8,14H,2-6H2,1H3. The Kier molecular flexibility index (Phi) is 9.12. The highest BCUT2D eigenvalue weighted by molar-refractivity contribution is 9.39. The molecule has 0 bridgehead atoms. The van der Waals surface area contributed by atoms with Crippen LogP contribution in [0.2, 0.25) is 0 Å². The van der Waals surface area contributed by atoms with E-state index in [0.717, 1.165) is 12.8 Å². The van der Waals surface area contributed by atoms with Crippen molar-refractivity contribution in [2.75, 3.05) is 0 Å². The van der Waals surface area contributed by atoms with E-state index < -0.39 is 8.25 Å². The second-order valence-corrected chi connectivity index (χ2v) is 11.5. The number of halogens is 4. The van der Waals surface area contributed by atoms with Gasteiger partial charge < -0.3 is 5.11 Å². The second kappa shape index (κ2) is 8.04. The zero-order chi connectivity index (χ0) is 11.2. The summed E-state index contributed by atoms with van der Waals surface area (Å²) in [6.45, 7) is 2.20. The van der Waals surface area contributed by atoms with Gasteiger partial charge >= 0.3 is 0 Å². The van der Waals surface area contributed by atoms with Crippen molar-refractivity contribution in [3.05, 3.63) is 0 Å². The molecule has 14 heavy (non-hydrogen) atoms. The maximum atomic E-state index is 9.82. The molecule has 0 aliphatic carbocycles. The first-order chi connectivity index (χ1) is 6.39. The average molecular weight is 460 g/mol. The molecule has 0 aliphatic rings. The first-order valence-corrected chi connectivity index (χ1v) is 8.08. The molecule has 1 N–H and O–H groups in total. The van der Waals surface area contributed by atoms with E-state index in [-0.39, 0.29) is 4.83 Å². The molecular weight excluding hydrogens is 444 g/mol. The molecule has 0 rings (SSSR count). The fraction of sp³-hybridized carbons (Fsp3) is 1.00. The summed E-state index contributed by atoms with van der Waals surface area (Å²) in [5, 5.41) is 9.82. The van der Waals surface area contributed by atoms with Gasteiger partial charge in [0.1, 0.15) is 6.10 Å². The molecule has 0 fully saturated rings. The lowest BCUT2D eigenvalue weighted by Gasteiger charge is -2.24. The molecule has 1 nitrogen and oxygen atoms in total. The lowest BCUT2D eigenvalue weighted by atomic mass is 10.1. The van der Waals surface area contributed by atoms with Crippen molar-refractivity contribution < 1.29 is 5.11 Å². The number of aliphatic hydroxyl groups excluding tert-OH is 1. The predicted molar refractivity (Wildman–Crippen MR) is 77.0 cm³/mol. The summed E-state index contributed by atoms with van der Waals surface area (Å²) >= 11 is 13.5. The van der Waals surface area contributed by atoms with E-state index in [4.69, 9.17) is 0 Å². The summed E-state index contributed by atoms with van der Waals surface area (Å²) in [4.78, 5) is 0.109. The van der Waals surface area contributed by atoms with Crippen LogP contribution in [0.5, 0.6) is 0 Å². The van der Waals surface area contributed by atoms with Crippen LogP contribution in [0.3, 0.4) is 0 Å². The maximum Gasteiger partial charge on any atom is 0.161 e. The summed E-state index contributed by atoms with van der Waals surface area (Å²) in [6.07, 6.45) is 5.41. The number of rotatable bonds is 6. The van der Waals surface area contributed by atoms with Gasteiger partial charge in [0.25, 0.3) is 0 Å². The third kappa shape index (κ3) is 7.20. The van der Waals surface area contributed by atoms with Gasteiger partial charge in [-0.05, 0) is 6.42 Å². The first-order valence-electron chi connectivity index (χ1n) is 4.78. The van der Waals surface area contributed by atoms with Crippen molar-refractivity contribution in [3.8, 4) is 0 Å². The van der Waals surface area contributed by atoms with Crippen LogP contribution in [0.4, 0.5) is 0 Å². The van der Waals surface area contributed by atoms with E-state index in [2.05, 4.69) is 70.6 Å². The molecule has 0 aromatic carbocycles. The summed E-state index contributed by atoms with van der Waals surface area (Å²) in [5.74, 6) is 0. The van der Waals surface area contributed by atoms with Gasteiger partial charge in [-0.15, -0.1) is 0 Å². The largest absolute Gasteiger partial charge is 0.389 e. The maximum absolute atomic E-state index is 9.82. The van der Waals surface area contributed by atoms with Crippen LogP contribution < -0.4 is 0 Å². The Morgan fingerprint density at radius 1 is 1.14 bits per heavy atom. The zero-order valence-electron chi connectivity index (χ0n) is 8.15. The molecule has 0 aromatic heterocycles. The van der Waals surface area contributed by atoms with Crippen LogP contribution in [0, 0.1) is 0 Å². The first kappa shape index (κ1) is 15.9. The highest BCUT2D eigenvalue weighted by atomic mass is 80.0. The minimum atomic E-state index is -0.577. The van der Waals surface area contributed by atoms with Gasteiger partial charge in [0.15, 0.2) is 2.14 Å². The predicted octanol–water partition coefficient (Wildman–Crippen LogP) is 4.92. The van der Waals surface area contributed by atoms with Crippen LogP contribution in [-0.2, 0) is 0 Å². The van der Waals surface area contributed by atoms with E-state index in [9.17, 15) is 5.11 Å². The number of unbranched alkanes of at least 4 members (excludes halogenated alkanes) is 3. The van der Waals surface area contributed by atoms with Gasteiger partial charge in [-0.1, -0.05) is 96.3 Å². The van der Waals surface area contributed by atoms with Crippen LogP contribution in [0.25, 0.3) is 0 Å². The molecule has 0 aromatic rings. The highest BCUT2D eigenvalue weighted by Crippen LogP contribution is 2.40. The molecule has 0 aliphatic heterocycles. The quantitative estimate of drug-likeness (QED) is 0.441. The molecule has 0 saturated carbocycles. The molecule has 5 heteroatoms. The fourth-order valence-electron chi connectivity index (χ4n) is 1.13. The minimum absolute atomic E-state index is 0.109. The Labute approximate surface area is 120 Å². The summed E-state index contributed by atoms with van der Waals surface area (Å²) in [5.41, 5.74) is 0. The summed E-state index contributed by atoms with van der Waals surface area (Å²) in [7, 11) is 0. The van der Waals surface area contributed by atoms with Crippen LogP contribution in [-0.4, -0.2) is 18.2 Å². The SMILES string of the molecule is CCCCCCC(Br)C(O)C(Br)(Br)Br. The van der Waals surface area contributed by atoms with Crippen LogP contribution in [0.1, 0.15) is 39.0 Å². The molecule has 0 radical (unpaired) electrons. The molecule has 86 valence electrons. The van der Waals surface area contributed by atoms with Gasteiger partial charge in [0.2, 0.25) is 0 Å². The topological polar surface area (TPSA) is 20.2 Å². The van der Waals surface area contributed by atoms with E-state index in [1.165, 1.54) is 19.3 Å². The zero-order valence-corrected chi connectivity index (χ0v) is 14.5. The molecular formula is C9H16Br4O. The number of hydrogen-bond donors (Lipinski definition) is 1. The van der Waals surface area contributed by atoms with E-state index in [1.54, 1.807) is 0 Å². The third-order valence-electron chi connectivity index (χ3n) is 2.01. The summed E-state index contributed by atoms with van der Waals surface area (Å²) in [6, 6.07) is 0. The number of hydrogen-bond acceptors (Lipinski definition) is 1. The van der Waals surface area contributed by atoms with Crippen molar-refractivity contribution >= 4 is 63.7 Å².